The average Bonchev–Trinajstić information content (AvgIpc) is 2.63. The number of aromatic nitrogens is 1. The van der Waals surface area contributed by atoms with Crippen molar-refractivity contribution < 1.29 is 8.42 Å². The van der Waals surface area contributed by atoms with Crippen molar-refractivity contribution in [2.75, 3.05) is 10.0 Å². The van der Waals surface area contributed by atoms with Gasteiger partial charge in [-0.2, -0.15) is 0 Å². The van der Waals surface area contributed by atoms with Crippen molar-refractivity contribution >= 4 is 21.5 Å². The lowest BCUT2D eigenvalue weighted by Crippen LogP contribution is -2.13. The molecule has 1 aromatic heterocycles. The maximum Gasteiger partial charge on any atom is 0.261 e. The summed E-state index contributed by atoms with van der Waals surface area (Å²) in [4.78, 5) is 4.48. The Kier molecular flexibility index (Phi) is 5.00. The van der Waals surface area contributed by atoms with E-state index in [-0.39, 0.29) is 4.90 Å². The van der Waals surface area contributed by atoms with Crippen LogP contribution in [0.2, 0.25) is 0 Å². The summed E-state index contributed by atoms with van der Waals surface area (Å²) in [5, 5.41) is 3.24. The predicted octanol–water partition coefficient (Wildman–Crippen LogP) is 3.80. The standard InChI is InChI=1S/C19H19N3O2S/c1-15-7-5-6-8-16(15)13-20-19-12-11-17(14-21-19)22-25(23,24)18-9-3-2-4-10-18/h2-12,14,22H,13H2,1H3,(H,20,21). The van der Waals surface area contributed by atoms with Gasteiger partial charge in [-0.25, -0.2) is 13.4 Å². The maximum atomic E-state index is 12.3. The smallest absolute Gasteiger partial charge is 0.261 e. The quantitative estimate of drug-likeness (QED) is 0.707. The summed E-state index contributed by atoms with van der Waals surface area (Å²) in [7, 11) is -3.60. The molecule has 0 unspecified atom stereocenters. The number of hydrogen-bond acceptors (Lipinski definition) is 4. The monoisotopic (exact) mass is 353 g/mol. The Balaban J connectivity index is 1.65. The Morgan fingerprint density at radius 3 is 2.32 bits per heavy atom. The van der Waals surface area contributed by atoms with Crippen LogP contribution in [0, 0.1) is 6.92 Å². The first kappa shape index (κ1) is 17.0. The number of pyridine rings is 1. The zero-order valence-electron chi connectivity index (χ0n) is 13.8. The van der Waals surface area contributed by atoms with Crippen LogP contribution in [0.3, 0.4) is 0 Å². The highest BCUT2D eigenvalue weighted by Gasteiger charge is 2.13. The van der Waals surface area contributed by atoms with Crippen LogP contribution in [0.15, 0.2) is 77.8 Å². The molecule has 25 heavy (non-hydrogen) atoms. The third-order valence-corrected chi connectivity index (χ3v) is 5.19. The van der Waals surface area contributed by atoms with Crippen molar-refractivity contribution in [3.63, 3.8) is 0 Å². The van der Waals surface area contributed by atoms with Gasteiger partial charge in [0.2, 0.25) is 0 Å². The molecule has 6 heteroatoms. The van der Waals surface area contributed by atoms with E-state index in [2.05, 4.69) is 34.1 Å². The van der Waals surface area contributed by atoms with Gasteiger partial charge in [0, 0.05) is 6.54 Å². The molecule has 2 N–H and O–H groups in total. The van der Waals surface area contributed by atoms with Gasteiger partial charge >= 0.3 is 0 Å². The summed E-state index contributed by atoms with van der Waals surface area (Å²) < 4.78 is 27.1. The van der Waals surface area contributed by atoms with E-state index in [4.69, 9.17) is 0 Å². The molecule has 1 heterocycles. The molecule has 0 atom stereocenters. The minimum Gasteiger partial charge on any atom is -0.366 e. The van der Waals surface area contributed by atoms with Crippen molar-refractivity contribution in [2.24, 2.45) is 0 Å². The van der Waals surface area contributed by atoms with Gasteiger partial charge in [0.25, 0.3) is 10.0 Å². The lowest BCUT2D eigenvalue weighted by molar-refractivity contribution is 0.601. The van der Waals surface area contributed by atoms with E-state index in [1.807, 2.05) is 12.1 Å². The molecule has 3 rings (SSSR count). The summed E-state index contributed by atoms with van der Waals surface area (Å²) in [5.41, 5.74) is 2.82. The molecule has 0 radical (unpaired) electrons. The minimum atomic E-state index is -3.60. The third-order valence-electron chi connectivity index (χ3n) is 3.79. The molecule has 5 nitrogen and oxygen atoms in total. The fourth-order valence-corrected chi connectivity index (χ4v) is 3.43. The van der Waals surface area contributed by atoms with E-state index < -0.39 is 10.0 Å². The van der Waals surface area contributed by atoms with E-state index in [0.717, 1.165) is 0 Å². The molecule has 0 amide bonds. The summed E-state index contributed by atoms with van der Waals surface area (Å²) in [6.45, 7) is 2.72. The van der Waals surface area contributed by atoms with Crippen molar-refractivity contribution in [2.45, 2.75) is 18.4 Å². The Bertz CT molecular complexity index is 940. The number of anilines is 2. The summed E-state index contributed by atoms with van der Waals surface area (Å²) in [6.07, 6.45) is 1.50. The Hall–Kier alpha value is -2.86. The lowest BCUT2D eigenvalue weighted by atomic mass is 10.1. The summed E-state index contributed by atoms with van der Waals surface area (Å²) in [6, 6.07) is 19.8. The van der Waals surface area contributed by atoms with Crippen LogP contribution in [0.5, 0.6) is 0 Å². The maximum absolute atomic E-state index is 12.3. The fraction of sp³-hybridized carbons (Fsp3) is 0.105. The minimum absolute atomic E-state index is 0.219. The van der Waals surface area contributed by atoms with Crippen LogP contribution < -0.4 is 10.0 Å². The number of nitrogens with one attached hydrogen (secondary N) is 2. The van der Waals surface area contributed by atoms with Gasteiger partial charge in [0.1, 0.15) is 5.82 Å². The Morgan fingerprint density at radius 1 is 0.920 bits per heavy atom. The lowest BCUT2D eigenvalue weighted by Gasteiger charge is -2.10. The summed E-state index contributed by atoms with van der Waals surface area (Å²) in [5.74, 6) is 0.686. The second kappa shape index (κ2) is 7.36. The molecule has 3 aromatic rings. The zero-order valence-corrected chi connectivity index (χ0v) is 14.6. The third kappa shape index (κ3) is 4.36. The first-order chi connectivity index (χ1) is 12.0. The van der Waals surface area contributed by atoms with E-state index in [9.17, 15) is 8.42 Å². The van der Waals surface area contributed by atoms with E-state index in [1.165, 1.54) is 17.3 Å². The molecule has 0 fully saturated rings. The number of rotatable bonds is 6. The number of aryl methyl sites for hydroxylation is 1. The number of nitrogens with zero attached hydrogens (tertiary/aromatic N) is 1. The normalized spacial score (nSPS) is 11.1. The van der Waals surface area contributed by atoms with Gasteiger partial charge in [-0.05, 0) is 42.3 Å². The van der Waals surface area contributed by atoms with Crippen LogP contribution in [0.4, 0.5) is 11.5 Å². The summed E-state index contributed by atoms with van der Waals surface area (Å²) >= 11 is 0. The van der Waals surface area contributed by atoms with Crippen LogP contribution in [-0.4, -0.2) is 13.4 Å². The molecule has 0 aliphatic rings. The zero-order chi connectivity index (χ0) is 17.7. The molecule has 0 bridgehead atoms. The largest absolute Gasteiger partial charge is 0.366 e. The topological polar surface area (TPSA) is 71.1 Å². The van der Waals surface area contributed by atoms with Gasteiger partial charge in [-0.3, -0.25) is 4.72 Å². The second-order valence-electron chi connectivity index (χ2n) is 5.63. The predicted molar refractivity (Wildman–Crippen MR) is 100.0 cm³/mol. The van der Waals surface area contributed by atoms with E-state index in [0.29, 0.717) is 18.1 Å². The van der Waals surface area contributed by atoms with Crippen LogP contribution in [0.25, 0.3) is 0 Å². The van der Waals surface area contributed by atoms with Gasteiger partial charge in [0.15, 0.2) is 0 Å². The van der Waals surface area contributed by atoms with Crippen LogP contribution >= 0.6 is 0 Å². The highest BCUT2D eigenvalue weighted by molar-refractivity contribution is 7.92. The molecule has 2 aromatic carbocycles. The molecule has 0 aliphatic carbocycles. The van der Waals surface area contributed by atoms with E-state index >= 15 is 0 Å². The molecule has 0 saturated carbocycles. The highest BCUT2D eigenvalue weighted by atomic mass is 32.2. The van der Waals surface area contributed by atoms with Crippen LogP contribution in [0.1, 0.15) is 11.1 Å². The van der Waals surface area contributed by atoms with Gasteiger partial charge in [-0.15, -0.1) is 0 Å². The Morgan fingerprint density at radius 2 is 1.64 bits per heavy atom. The van der Waals surface area contributed by atoms with Crippen molar-refractivity contribution in [1.82, 2.24) is 4.98 Å². The molecule has 0 aliphatic heterocycles. The first-order valence-electron chi connectivity index (χ1n) is 7.87. The SMILES string of the molecule is Cc1ccccc1CNc1ccc(NS(=O)(=O)c2ccccc2)cn1. The van der Waals surface area contributed by atoms with Crippen molar-refractivity contribution in [3.05, 3.63) is 84.1 Å². The number of sulfonamides is 1. The Labute approximate surface area is 147 Å². The highest BCUT2D eigenvalue weighted by Crippen LogP contribution is 2.17. The first-order valence-corrected chi connectivity index (χ1v) is 9.35. The number of hydrogen-bond donors (Lipinski definition) is 2. The molecule has 0 saturated heterocycles. The molecule has 128 valence electrons. The molecule has 0 spiro atoms. The second-order valence-corrected chi connectivity index (χ2v) is 7.31. The van der Waals surface area contributed by atoms with Gasteiger partial charge < -0.3 is 5.32 Å². The van der Waals surface area contributed by atoms with E-state index in [1.54, 1.807) is 42.5 Å². The fourth-order valence-electron chi connectivity index (χ4n) is 2.37. The van der Waals surface area contributed by atoms with Gasteiger partial charge in [0.05, 0.1) is 16.8 Å². The number of benzene rings is 2. The van der Waals surface area contributed by atoms with Crippen molar-refractivity contribution in [1.29, 1.82) is 0 Å². The van der Waals surface area contributed by atoms with Crippen LogP contribution in [-0.2, 0) is 16.6 Å². The van der Waals surface area contributed by atoms with Crippen molar-refractivity contribution in [3.8, 4) is 0 Å². The van der Waals surface area contributed by atoms with Gasteiger partial charge in [-0.1, -0.05) is 42.5 Å². The average molecular weight is 353 g/mol. The molecular weight excluding hydrogens is 334 g/mol. The molecular formula is C19H19N3O2S.